The molecule has 152 valence electrons. The van der Waals surface area contributed by atoms with Gasteiger partial charge in [0.2, 0.25) is 0 Å². The fraction of sp³-hybridized carbons (Fsp3) is 0.400. The van der Waals surface area contributed by atoms with Crippen LogP contribution in [0.4, 0.5) is 0 Å². The van der Waals surface area contributed by atoms with Crippen LogP contribution in [-0.2, 0) is 4.74 Å². The molecule has 2 aliphatic rings. The van der Waals surface area contributed by atoms with Crippen molar-refractivity contribution in [3.05, 3.63) is 70.8 Å². The van der Waals surface area contributed by atoms with Gasteiger partial charge in [0.1, 0.15) is 48.8 Å². The molecule has 0 heterocycles. The first-order valence-corrected chi connectivity index (χ1v) is 8.98. The van der Waals surface area contributed by atoms with Crippen molar-refractivity contribution in [1.29, 1.82) is 0 Å². The standard InChI is InChI=1S/C20H23NO6.ClH/c21-13-9-5-1-2-6-10(9)15(23)17(25)20(13)27-19-12-8-4-3-7-11(12)14(22)16(24)18(19)26;/h1-8,13-20,22-26H,21H2;1H/t13-,14+,15+,16+,17+,18-,19-,20+;/m0./s1. The fourth-order valence-corrected chi connectivity index (χ4v) is 4.17. The van der Waals surface area contributed by atoms with Crippen LogP contribution in [0.25, 0.3) is 0 Å². The Hall–Kier alpha value is -1.55. The van der Waals surface area contributed by atoms with Crippen molar-refractivity contribution in [2.45, 2.75) is 48.8 Å². The second-order valence-electron chi connectivity index (χ2n) is 7.25. The SMILES string of the molecule is [Cl-].[NH3+][C@H]1c2ccccc2[C@@H](O)[C@@H](O)[C@@H]1O[C@H]1c2ccccc2[C@@H](O)[C@@H](O)[C@@H]1O. The maximum Gasteiger partial charge on any atom is 0.143 e. The Balaban J connectivity index is 0.00000225. The summed E-state index contributed by atoms with van der Waals surface area (Å²) in [6.07, 6.45) is -8.30. The summed E-state index contributed by atoms with van der Waals surface area (Å²) < 4.78 is 6.05. The van der Waals surface area contributed by atoms with Crippen LogP contribution >= 0.6 is 0 Å². The third kappa shape index (κ3) is 3.24. The Morgan fingerprint density at radius 1 is 0.643 bits per heavy atom. The van der Waals surface area contributed by atoms with E-state index in [9.17, 15) is 25.5 Å². The van der Waals surface area contributed by atoms with Crippen molar-refractivity contribution >= 4 is 0 Å². The molecule has 0 aliphatic heterocycles. The molecule has 0 radical (unpaired) electrons. The van der Waals surface area contributed by atoms with Crippen LogP contribution in [0.5, 0.6) is 0 Å². The van der Waals surface area contributed by atoms with Gasteiger partial charge in [-0.3, -0.25) is 0 Å². The molecule has 8 atom stereocenters. The minimum absolute atomic E-state index is 0. The molecule has 0 saturated carbocycles. The summed E-state index contributed by atoms with van der Waals surface area (Å²) in [5.41, 5.74) is 6.46. The van der Waals surface area contributed by atoms with Gasteiger partial charge < -0.3 is 48.4 Å². The largest absolute Gasteiger partial charge is 1.00 e. The van der Waals surface area contributed by atoms with Crippen molar-refractivity contribution in [3.63, 3.8) is 0 Å². The number of hydrogen-bond donors (Lipinski definition) is 6. The van der Waals surface area contributed by atoms with Crippen LogP contribution in [0, 0.1) is 0 Å². The zero-order valence-electron chi connectivity index (χ0n) is 15.0. The quantitative estimate of drug-likeness (QED) is 0.302. The molecular formula is C20H24ClNO6. The molecule has 2 aromatic rings. The first-order valence-electron chi connectivity index (χ1n) is 8.98. The van der Waals surface area contributed by atoms with E-state index >= 15 is 0 Å². The lowest BCUT2D eigenvalue weighted by Crippen LogP contribution is -3.00. The molecule has 0 saturated heterocycles. The molecule has 0 bridgehead atoms. The lowest BCUT2D eigenvalue weighted by molar-refractivity contribution is -0.459. The molecule has 8 heteroatoms. The molecule has 0 unspecified atom stereocenters. The summed E-state index contributed by atoms with van der Waals surface area (Å²) in [7, 11) is 0. The molecule has 0 aromatic heterocycles. The van der Waals surface area contributed by atoms with Gasteiger partial charge in [0.05, 0.1) is 0 Å². The lowest BCUT2D eigenvalue weighted by Gasteiger charge is -2.42. The molecular weight excluding hydrogens is 386 g/mol. The topological polar surface area (TPSA) is 138 Å². The highest BCUT2D eigenvalue weighted by Crippen LogP contribution is 2.43. The number of aliphatic hydroxyl groups is 5. The zero-order chi connectivity index (χ0) is 19.3. The summed E-state index contributed by atoms with van der Waals surface area (Å²) >= 11 is 0. The van der Waals surface area contributed by atoms with Crippen LogP contribution in [-0.4, -0.2) is 49.9 Å². The Bertz CT molecular complexity index is 836. The molecule has 0 spiro atoms. The van der Waals surface area contributed by atoms with Gasteiger partial charge in [0.15, 0.2) is 0 Å². The van der Waals surface area contributed by atoms with Crippen LogP contribution in [0.1, 0.15) is 46.6 Å². The first kappa shape index (κ1) is 21.2. The summed E-state index contributed by atoms with van der Waals surface area (Å²) in [6, 6.07) is 13.5. The molecule has 0 amide bonds. The van der Waals surface area contributed by atoms with E-state index in [2.05, 4.69) is 5.73 Å². The van der Waals surface area contributed by atoms with Crippen LogP contribution in [0.15, 0.2) is 48.5 Å². The van der Waals surface area contributed by atoms with Crippen LogP contribution in [0.2, 0.25) is 0 Å². The highest BCUT2D eigenvalue weighted by Gasteiger charge is 2.48. The first-order chi connectivity index (χ1) is 12.9. The molecule has 8 N–H and O–H groups in total. The maximum atomic E-state index is 10.6. The fourth-order valence-electron chi connectivity index (χ4n) is 4.17. The number of quaternary nitrogens is 1. The number of fused-ring (bicyclic) bond motifs is 2. The number of ether oxygens (including phenoxy) is 1. The van der Waals surface area contributed by atoms with E-state index in [1.807, 2.05) is 12.1 Å². The van der Waals surface area contributed by atoms with Gasteiger partial charge >= 0.3 is 0 Å². The van der Waals surface area contributed by atoms with Gasteiger partial charge in [-0.25, -0.2) is 0 Å². The summed E-state index contributed by atoms with van der Waals surface area (Å²) in [6.45, 7) is 0. The zero-order valence-corrected chi connectivity index (χ0v) is 15.7. The van der Waals surface area contributed by atoms with Gasteiger partial charge in [-0.05, 0) is 16.7 Å². The number of rotatable bonds is 2. The number of aliphatic hydroxyl groups excluding tert-OH is 5. The minimum Gasteiger partial charge on any atom is -1.00 e. The molecule has 2 aliphatic carbocycles. The average Bonchev–Trinajstić information content (AvgIpc) is 2.70. The molecule has 2 aromatic carbocycles. The molecule has 4 rings (SSSR count). The van der Waals surface area contributed by atoms with E-state index in [0.29, 0.717) is 16.7 Å². The average molecular weight is 410 g/mol. The lowest BCUT2D eigenvalue weighted by atomic mass is 9.80. The van der Waals surface area contributed by atoms with E-state index in [-0.39, 0.29) is 12.4 Å². The second kappa shape index (κ2) is 8.06. The van der Waals surface area contributed by atoms with Crippen LogP contribution < -0.4 is 18.1 Å². The van der Waals surface area contributed by atoms with Gasteiger partial charge in [0, 0.05) is 5.56 Å². The monoisotopic (exact) mass is 409 g/mol. The van der Waals surface area contributed by atoms with Gasteiger partial charge in [-0.15, -0.1) is 0 Å². The summed E-state index contributed by atoms with van der Waals surface area (Å²) in [5, 5.41) is 52.1. The van der Waals surface area contributed by atoms with E-state index in [4.69, 9.17) is 4.74 Å². The predicted octanol–water partition coefficient (Wildman–Crippen LogP) is -3.72. The van der Waals surface area contributed by atoms with Crippen molar-refractivity contribution in [2.75, 3.05) is 0 Å². The van der Waals surface area contributed by atoms with Crippen LogP contribution in [0.3, 0.4) is 0 Å². The van der Waals surface area contributed by atoms with E-state index in [1.54, 1.807) is 36.4 Å². The van der Waals surface area contributed by atoms with Crippen molar-refractivity contribution in [1.82, 2.24) is 0 Å². The Morgan fingerprint density at radius 3 is 1.71 bits per heavy atom. The third-order valence-corrected chi connectivity index (χ3v) is 5.68. The van der Waals surface area contributed by atoms with Crippen molar-refractivity contribution < 1.29 is 48.4 Å². The van der Waals surface area contributed by atoms with Gasteiger partial charge in [-0.2, -0.15) is 0 Å². The van der Waals surface area contributed by atoms with Gasteiger partial charge in [0.25, 0.3) is 0 Å². The number of halogens is 1. The Labute approximate surface area is 168 Å². The highest BCUT2D eigenvalue weighted by atomic mass is 35.5. The smallest absolute Gasteiger partial charge is 0.143 e. The Morgan fingerprint density at radius 2 is 1.11 bits per heavy atom. The van der Waals surface area contributed by atoms with Crippen molar-refractivity contribution in [2.24, 2.45) is 0 Å². The molecule has 0 fully saturated rings. The normalized spacial score (nSPS) is 36.8. The van der Waals surface area contributed by atoms with Gasteiger partial charge in [-0.1, -0.05) is 48.5 Å². The number of hydrogen-bond acceptors (Lipinski definition) is 6. The van der Waals surface area contributed by atoms with E-state index < -0.39 is 48.8 Å². The number of benzene rings is 2. The second-order valence-corrected chi connectivity index (χ2v) is 7.25. The highest BCUT2D eigenvalue weighted by molar-refractivity contribution is 5.37. The van der Waals surface area contributed by atoms with E-state index in [0.717, 1.165) is 5.56 Å². The molecule has 7 nitrogen and oxygen atoms in total. The minimum atomic E-state index is -1.42. The Kier molecular flexibility index (Phi) is 6.09. The third-order valence-electron chi connectivity index (χ3n) is 5.68. The van der Waals surface area contributed by atoms with E-state index in [1.165, 1.54) is 0 Å². The summed E-state index contributed by atoms with van der Waals surface area (Å²) in [5.74, 6) is 0. The maximum absolute atomic E-state index is 10.6. The van der Waals surface area contributed by atoms with Crippen molar-refractivity contribution in [3.8, 4) is 0 Å². The predicted molar refractivity (Wildman–Crippen MR) is 94.1 cm³/mol. The molecule has 28 heavy (non-hydrogen) atoms. The summed E-state index contributed by atoms with van der Waals surface area (Å²) in [4.78, 5) is 0.